The van der Waals surface area contributed by atoms with Gasteiger partial charge in [0.2, 0.25) is 0 Å². The van der Waals surface area contributed by atoms with Gasteiger partial charge in [0.05, 0.1) is 0 Å². The summed E-state index contributed by atoms with van der Waals surface area (Å²) in [7, 11) is 0. The molecule has 14 heavy (non-hydrogen) atoms. The Morgan fingerprint density at radius 1 is 1.29 bits per heavy atom. The maximum Gasteiger partial charge on any atom is 0.412 e. The van der Waals surface area contributed by atoms with Crippen LogP contribution in [0.25, 0.3) is 0 Å². The van der Waals surface area contributed by atoms with Crippen molar-refractivity contribution in [1.82, 2.24) is 0 Å². The van der Waals surface area contributed by atoms with Crippen molar-refractivity contribution < 1.29 is 19.7 Å². The first-order valence-electron chi connectivity index (χ1n) is 3.73. The topological polar surface area (TPSA) is 63.6 Å². The van der Waals surface area contributed by atoms with E-state index in [1.807, 2.05) is 6.26 Å². The van der Waals surface area contributed by atoms with Gasteiger partial charge >= 0.3 is 5.97 Å². The summed E-state index contributed by atoms with van der Waals surface area (Å²) >= 11 is 1.53. The molecule has 0 aliphatic carbocycles. The quantitative estimate of drug-likeness (QED) is 0.271. The maximum absolute atomic E-state index is 11.1. The summed E-state index contributed by atoms with van der Waals surface area (Å²) in [6, 6.07) is 6.43. The third kappa shape index (κ3) is 2.34. The Kier molecular flexibility index (Phi) is 3.67. The molecule has 1 aromatic rings. The summed E-state index contributed by atoms with van der Waals surface area (Å²) in [5.41, 5.74) is 0.196. The van der Waals surface area contributed by atoms with Crippen molar-refractivity contribution in [3.8, 4) is 0 Å². The Bertz CT molecular complexity index is 344. The zero-order valence-corrected chi connectivity index (χ0v) is 8.21. The smallest absolute Gasteiger partial charge is 0.292 e. The summed E-state index contributed by atoms with van der Waals surface area (Å²) in [5, 5.41) is 7.99. The van der Waals surface area contributed by atoms with Crippen LogP contribution in [-0.2, 0) is 9.68 Å². The van der Waals surface area contributed by atoms with Crippen molar-refractivity contribution in [1.29, 1.82) is 0 Å². The molecule has 5 heteroatoms. The lowest BCUT2D eigenvalue weighted by Gasteiger charge is -1.98. The van der Waals surface area contributed by atoms with Gasteiger partial charge in [-0.3, -0.25) is 9.68 Å². The average molecular weight is 212 g/mol. The van der Waals surface area contributed by atoms with Crippen molar-refractivity contribution in [2.45, 2.75) is 4.90 Å². The molecule has 74 valence electrons. The van der Waals surface area contributed by atoms with Crippen molar-refractivity contribution in [2.75, 3.05) is 6.26 Å². The minimum atomic E-state index is -1.28. The van der Waals surface area contributed by atoms with Crippen LogP contribution in [0.2, 0.25) is 0 Å². The number of carbonyl (C=O) groups is 2. The molecule has 1 aromatic carbocycles. The van der Waals surface area contributed by atoms with Gasteiger partial charge < -0.3 is 0 Å². The first kappa shape index (κ1) is 10.7. The number of Topliss-reactive ketones (excluding diaryl/α,β-unsaturated/α-hetero) is 1. The molecule has 0 aliphatic rings. The van der Waals surface area contributed by atoms with Gasteiger partial charge in [-0.25, -0.2) is 4.79 Å². The van der Waals surface area contributed by atoms with E-state index in [0.717, 1.165) is 4.90 Å². The molecule has 0 spiro atoms. The summed E-state index contributed by atoms with van der Waals surface area (Å²) in [5.74, 6) is -2.14. The number of thioether (sulfide) groups is 1. The fourth-order valence-electron chi connectivity index (χ4n) is 0.902. The van der Waals surface area contributed by atoms with Crippen molar-refractivity contribution >= 4 is 23.5 Å². The standard InChI is InChI=1S/C9H8O4S/c1-14-7-4-2-6(3-5-7)8(10)9(11)13-12/h2-5,12H,1H3. The zero-order valence-electron chi connectivity index (χ0n) is 7.39. The highest BCUT2D eigenvalue weighted by molar-refractivity contribution is 7.98. The normalized spacial score (nSPS) is 9.57. The van der Waals surface area contributed by atoms with Gasteiger partial charge in [-0.2, -0.15) is 5.26 Å². The molecule has 0 unspecified atom stereocenters. The number of carbonyl (C=O) groups excluding carboxylic acids is 2. The van der Waals surface area contributed by atoms with Gasteiger partial charge in [-0.15, -0.1) is 11.8 Å². The van der Waals surface area contributed by atoms with E-state index in [1.54, 1.807) is 12.1 Å². The molecule has 0 amide bonds. The molecule has 0 bridgehead atoms. The molecular formula is C9H8O4S. The second-order valence-corrected chi connectivity index (χ2v) is 3.32. The van der Waals surface area contributed by atoms with E-state index in [-0.39, 0.29) is 5.56 Å². The third-order valence-corrected chi connectivity index (χ3v) is 2.36. The van der Waals surface area contributed by atoms with E-state index in [1.165, 1.54) is 23.9 Å². The first-order valence-corrected chi connectivity index (χ1v) is 4.95. The van der Waals surface area contributed by atoms with E-state index >= 15 is 0 Å². The van der Waals surface area contributed by atoms with E-state index in [0.29, 0.717) is 0 Å². The lowest BCUT2D eigenvalue weighted by molar-refractivity contribution is -0.227. The molecule has 0 radical (unpaired) electrons. The fraction of sp³-hybridized carbons (Fsp3) is 0.111. The van der Waals surface area contributed by atoms with Crippen LogP contribution in [0.3, 0.4) is 0 Å². The lowest BCUT2D eigenvalue weighted by atomic mass is 10.1. The number of hydrogen-bond acceptors (Lipinski definition) is 5. The Labute approximate surface area is 84.8 Å². The highest BCUT2D eigenvalue weighted by atomic mass is 32.2. The van der Waals surface area contributed by atoms with E-state index in [9.17, 15) is 9.59 Å². The molecule has 1 N–H and O–H groups in total. The van der Waals surface area contributed by atoms with Crippen LogP contribution in [0.4, 0.5) is 0 Å². The molecule has 0 saturated heterocycles. The molecule has 0 fully saturated rings. The SMILES string of the molecule is CSc1ccc(C(=O)C(=O)OO)cc1. The minimum absolute atomic E-state index is 0.196. The van der Waals surface area contributed by atoms with E-state index < -0.39 is 11.8 Å². The predicted molar refractivity (Wildman–Crippen MR) is 51.3 cm³/mol. The monoisotopic (exact) mass is 212 g/mol. The van der Waals surface area contributed by atoms with Gasteiger partial charge in [0.15, 0.2) is 0 Å². The highest BCUT2D eigenvalue weighted by Gasteiger charge is 2.17. The Morgan fingerprint density at radius 3 is 2.29 bits per heavy atom. The summed E-state index contributed by atoms with van der Waals surface area (Å²) < 4.78 is 0. The number of ketones is 1. The van der Waals surface area contributed by atoms with Gasteiger partial charge in [0.25, 0.3) is 5.78 Å². The van der Waals surface area contributed by atoms with Crippen molar-refractivity contribution in [2.24, 2.45) is 0 Å². The van der Waals surface area contributed by atoms with Crippen LogP contribution >= 0.6 is 11.8 Å². The van der Waals surface area contributed by atoms with Crippen LogP contribution in [0.1, 0.15) is 10.4 Å². The maximum atomic E-state index is 11.1. The second-order valence-electron chi connectivity index (χ2n) is 2.44. The van der Waals surface area contributed by atoms with Gasteiger partial charge in [-0.05, 0) is 30.5 Å². The Hall–Kier alpha value is -1.33. The zero-order chi connectivity index (χ0) is 10.6. The lowest BCUT2D eigenvalue weighted by Crippen LogP contribution is -2.15. The summed E-state index contributed by atoms with van der Waals surface area (Å²) in [6.07, 6.45) is 1.90. The number of hydrogen-bond donors (Lipinski definition) is 1. The predicted octanol–water partition coefficient (Wildman–Crippen LogP) is 1.61. The van der Waals surface area contributed by atoms with E-state index in [4.69, 9.17) is 5.26 Å². The molecule has 0 heterocycles. The van der Waals surface area contributed by atoms with Crippen LogP contribution < -0.4 is 0 Å². The van der Waals surface area contributed by atoms with Crippen LogP contribution in [0.5, 0.6) is 0 Å². The molecule has 0 saturated carbocycles. The van der Waals surface area contributed by atoms with Crippen LogP contribution in [0, 0.1) is 0 Å². The summed E-state index contributed by atoms with van der Waals surface area (Å²) in [6.45, 7) is 0. The van der Waals surface area contributed by atoms with Crippen molar-refractivity contribution in [3.63, 3.8) is 0 Å². The number of benzene rings is 1. The molecule has 0 atom stereocenters. The summed E-state index contributed by atoms with van der Waals surface area (Å²) in [4.78, 5) is 26.1. The van der Waals surface area contributed by atoms with Crippen LogP contribution in [-0.4, -0.2) is 23.3 Å². The van der Waals surface area contributed by atoms with Gasteiger partial charge in [0.1, 0.15) is 0 Å². The largest absolute Gasteiger partial charge is 0.412 e. The van der Waals surface area contributed by atoms with Crippen molar-refractivity contribution in [3.05, 3.63) is 29.8 Å². The van der Waals surface area contributed by atoms with E-state index in [2.05, 4.69) is 4.89 Å². The molecule has 1 rings (SSSR count). The average Bonchev–Trinajstić information content (AvgIpc) is 2.27. The second kappa shape index (κ2) is 4.78. The third-order valence-electron chi connectivity index (χ3n) is 1.62. The number of rotatable bonds is 3. The van der Waals surface area contributed by atoms with Gasteiger partial charge in [0, 0.05) is 10.5 Å². The Balaban J connectivity index is 2.87. The molecule has 4 nitrogen and oxygen atoms in total. The molecule has 0 aliphatic heterocycles. The van der Waals surface area contributed by atoms with Gasteiger partial charge in [-0.1, -0.05) is 0 Å². The fourth-order valence-corrected chi connectivity index (χ4v) is 1.31. The highest BCUT2D eigenvalue weighted by Crippen LogP contribution is 2.15. The Morgan fingerprint density at radius 2 is 1.86 bits per heavy atom. The first-order chi connectivity index (χ1) is 6.69. The molecule has 0 aromatic heterocycles. The van der Waals surface area contributed by atoms with Crippen LogP contribution in [0.15, 0.2) is 29.2 Å². The minimum Gasteiger partial charge on any atom is -0.292 e. The molecular weight excluding hydrogens is 204 g/mol.